The molecule has 1 heterocycles. The molecule has 0 saturated carbocycles. The third kappa shape index (κ3) is 2.74. The van der Waals surface area contributed by atoms with E-state index >= 15 is 0 Å². The summed E-state index contributed by atoms with van der Waals surface area (Å²) in [6.07, 6.45) is 1.32. The molecule has 0 radical (unpaired) electrons. The number of ketones is 1. The molecular weight excluding hydrogens is 300 g/mol. The Morgan fingerprint density at radius 1 is 1.32 bits per heavy atom. The maximum Gasteiger partial charge on any atom is 0.210 e. The predicted octanol–water partition coefficient (Wildman–Crippen LogP) is 2.45. The highest BCUT2D eigenvalue weighted by Crippen LogP contribution is 2.42. The molecule has 5 nitrogen and oxygen atoms in total. The number of hydrogen-bond acceptors (Lipinski definition) is 5. The average molecular weight is 319 g/mol. The van der Waals surface area contributed by atoms with Crippen LogP contribution in [-0.4, -0.2) is 11.7 Å². The van der Waals surface area contributed by atoms with Gasteiger partial charge in [0.25, 0.3) is 0 Å². The largest absolute Gasteiger partial charge is 0.328 e. The fraction of sp³-hybridized carbons (Fsp3) is 0.375. The molecule has 1 aromatic rings. The Bertz CT molecular complexity index is 676. The number of hydrazine groups is 1. The number of nitrogens with zero attached hydrogens (tertiary/aromatic N) is 1. The SMILES string of the molecule is CC1(C)CC(=O)C2=C(C1)NC(NN)=NC2c1ccc(Cl)cc1. The van der Waals surface area contributed by atoms with Crippen molar-refractivity contribution >= 4 is 23.3 Å². The summed E-state index contributed by atoms with van der Waals surface area (Å²) < 4.78 is 0. The normalized spacial score (nSPS) is 23.5. The number of benzene rings is 1. The summed E-state index contributed by atoms with van der Waals surface area (Å²) in [5, 5.41) is 3.81. The van der Waals surface area contributed by atoms with Gasteiger partial charge in [0.2, 0.25) is 5.96 Å². The minimum Gasteiger partial charge on any atom is -0.328 e. The van der Waals surface area contributed by atoms with E-state index in [1.54, 1.807) is 0 Å². The fourth-order valence-corrected chi connectivity index (χ4v) is 3.22. The number of nitrogens with one attached hydrogen (secondary N) is 2. The highest BCUT2D eigenvalue weighted by Gasteiger charge is 2.39. The number of carbonyl (C=O) groups is 1. The zero-order valence-electron chi connectivity index (χ0n) is 12.6. The van der Waals surface area contributed by atoms with Crippen molar-refractivity contribution in [2.45, 2.75) is 32.7 Å². The van der Waals surface area contributed by atoms with Gasteiger partial charge in [-0.25, -0.2) is 10.8 Å². The van der Waals surface area contributed by atoms with Gasteiger partial charge in [-0.1, -0.05) is 37.6 Å². The molecule has 6 heteroatoms. The van der Waals surface area contributed by atoms with Gasteiger partial charge in [0, 0.05) is 22.7 Å². The molecule has 0 bridgehead atoms. The van der Waals surface area contributed by atoms with Crippen molar-refractivity contribution in [2.24, 2.45) is 16.3 Å². The number of halogens is 1. The van der Waals surface area contributed by atoms with Crippen LogP contribution in [0.3, 0.4) is 0 Å². The van der Waals surface area contributed by atoms with Gasteiger partial charge in [-0.3, -0.25) is 10.2 Å². The lowest BCUT2D eigenvalue weighted by Crippen LogP contribution is -2.47. The molecule has 22 heavy (non-hydrogen) atoms. The van der Waals surface area contributed by atoms with Crippen molar-refractivity contribution in [3.8, 4) is 0 Å². The van der Waals surface area contributed by atoms with Gasteiger partial charge in [-0.2, -0.15) is 0 Å². The molecule has 2 aliphatic rings. The number of carbonyl (C=O) groups excluding carboxylic acids is 1. The number of hydrogen-bond donors (Lipinski definition) is 3. The zero-order valence-corrected chi connectivity index (χ0v) is 13.4. The molecule has 0 spiro atoms. The number of guanidine groups is 1. The lowest BCUT2D eigenvalue weighted by molar-refractivity contribution is -0.118. The summed E-state index contributed by atoms with van der Waals surface area (Å²) in [4.78, 5) is 17.2. The number of Topliss-reactive ketones (excluding diaryl/α,β-unsaturated/α-hetero) is 1. The van der Waals surface area contributed by atoms with E-state index in [0.717, 1.165) is 23.3 Å². The quantitative estimate of drug-likeness (QED) is 0.549. The van der Waals surface area contributed by atoms with Crippen molar-refractivity contribution in [2.75, 3.05) is 0 Å². The van der Waals surface area contributed by atoms with Crippen LogP contribution < -0.4 is 16.6 Å². The summed E-state index contributed by atoms with van der Waals surface area (Å²) in [6, 6.07) is 7.06. The second-order valence-corrected chi connectivity index (χ2v) is 6.97. The molecule has 1 atom stereocenters. The number of allylic oxidation sites excluding steroid dienone is 1. The summed E-state index contributed by atoms with van der Waals surface area (Å²) in [6.45, 7) is 4.18. The second-order valence-electron chi connectivity index (χ2n) is 6.53. The van der Waals surface area contributed by atoms with Crippen molar-refractivity contribution in [1.29, 1.82) is 0 Å². The average Bonchev–Trinajstić information content (AvgIpc) is 2.45. The van der Waals surface area contributed by atoms with Crippen molar-refractivity contribution in [1.82, 2.24) is 10.7 Å². The molecule has 4 N–H and O–H groups in total. The monoisotopic (exact) mass is 318 g/mol. The van der Waals surface area contributed by atoms with E-state index in [-0.39, 0.29) is 17.2 Å². The van der Waals surface area contributed by atoms with Gasteiger partial charge in [0.15, 0.2) is 5.78 Å². The summed E-state index contributed by atoms with van der Waals surface area (Å²) in [7, 11) is 0. The van der Waals surface area contributed by atoms with Crippen LogP contribution in [0, 0.1) is 5.41 Å². The molecule has 1 unspecified atom stereocenters. The first-order valence-corrected chi connectivity index (χ1v) is 7.60. The molecule has 0 amide bonds. The first-order chi connectivity index (χ1) is 10.4. The smallest absolute Gasteiger partial charge is 0.210 e. The van der Waals surface area contributed by atoms with E-state index in [1.165, 1.54) is 0 Å². The highest BCUT2D eigenvalue weighted by atomic mass is 35.5. The van der Waals surface area contributed by atoms with Gasteiger partial charge in [-0.15, -0.1) is 0 Å². The van der Waals surface area contributed by atoms with Gasteiger partial charge in [0.05, 0.1) is 0 Å². The van der Waals surface area contributed by atoms with Crippen LogP contribution in [-0.2, 0) is 4.79 Å². The predicted molar refractivity (Wildman–Crippen MR) is 87.1 cm³/mol. The molecule has 116 valence electrons. The molecule has 0 fully saturated rings. The number of aliphatic imine (C=N–C) groups is 1. The van der Waals surface area contributed by atoms with Crippen molar-refractivity contribution in [3.63, 3.8) is 0 Å². The summed E-state index contributed by atoms with van der Waals surface area (Å²) in [5.41, 5.74) is 5.07. The molecule has 1 aliphatic carbocycles. The maximum atomic E-state index is 12.6. The van der Waals surface area contributed by atoms with Crippen LogP contribution in [0.4, 0.5) is 0 Å². The first-order valence-electron chi connectivity index (χ1n) is 7.23. The third-order valence-electron chi connectivity index (χ3n) is 4.04. The lowest BCUT2D eigenvalue weighted by Gasteiger charge is -2.37. The van der Waals surface area contributed by atoms with E-state index in [2.05, 4.69) is 29.6 Å². The van der Waals surface area contributed by atoms with Crippen LogP contribution in [0.2, 0.25) is 5.02 Å². The number of nitrogens with two attached hydrogens (primary N) is 1. The Balaban J connectivity index is 2.07. The molecule has 1 aromatic carbocycles. The van der Waals surface area contributed by atoms with Crippen LogP contribution in [0.1, 0.15) is 38.3 Å². The van der Waals surface area contributed by atoms with Crippen molar-refractivity contribution in [3.05, 3.63) is 46.1 Å². The topological polar surface area (TPSA) is 79.5 Å². The molecule has 1 aliphatic heterocycles. The minimum absolute atomic E-state index is 0.0650. The van der Waals surface area contributed by atoms with E-state index in [9.17, 15) is 4.79 Å². The molecule has 3 rings (SSSR count). The summed E-state index contributed by atoms with van der Waals surface area (Å²) in [5.74, 6) is 6.13. The standard InChI is InChI=1S/C16H19ClN4O/c1-16(2)7-11-13(12(22)8-16)14(20-15(19-11)21-18)9-3-5-10(17)6-4-9/h3-6,14H,7-8,18H2,1-2H3,(H2,19,20,21). The minimum atomic E-state index is -0.344. The maximum absolute atomic E-state index is 12.6. The Hall–Kier alpha value is -1.85. The third-order valence-corrected chi connectivity index (χ3v) is 4.30. The van der Waals surface area contributed by atoms with E-state index in [4.69, 9.17) is 17.4 Å². The van der Waals surface area contributed by atoms with E-state index < -0.39 is 0 Å². The Kier molecular flexibility index (Phi) is 3.70. The fourth-order valence-electron chi connectivity index (χ4n) is 3.09. The first kappa shape index (κ1) is 15.1. The van der Waals surface area contributed by atoms with Crippen LogP contribution >= 0.6 is 11.6 Å². The Morgan fingerprint density at radius 2 is 2.00 bits per heavy atom. The van der Waals surface area contributed by atoms with Crippen molar-refractivity contribution < 1.29 is 4.79 Å². The van der Waals surface area contributed by atoms with Crippen LogP contribution in [0.5, 0.6) is 0 Å². The summed E-state index contributed by atoms with van der Waals surface area (Å²) >= 11 is 5.95. The van der Waals surface area contributed by atoms with Gasteiger partial charge in [-0.05, 0) is 29.5 Å². The lowest BCUT2D eigenvalue weighted by atomic mass is 9.73. The highest BCUT2D eigenvalue weighted by molar-refractivity contribution is 6.30. The molecular formula is C16H19ClN4O. The zero-order chi connectivity index (χ0) is 15.9. The number of rotatable bonds is 1. The van der Waals surface area contributed by atoms with Crippen LogP contribution in [0.15, 0.2) is 40.5 Å². The van der Waals surface area contributed by atoms with Gasteiger partial charge < -0.3 is 5.32 Å². The van der Waals surface area contributed by atoms with E-state index in [0.29, 0.717) is 17.4 Å². The van der Waals surface area contributed by atoms with Gasteiger partial charge in [0.1, 0.15) is 6.04 Å². The Labute approximate surface area is 134 Å². The molecule has 0 aromatic heterocycles. The van der Waals surface area contributed by atoms with Crippen LogP contribution in [0.25, 0.3) is 0 Å². The molecule has 0 saturated heterocycles. The second kappa shape index (κ2) is 5.41. The van der Waals surface area contributed by atoms with E-state index in [1.807, 2.05) is 24.3 Å². The Morgan fingerprint density at radius 3 is 2.64 bits per heavy atom. The van der Waals surface area contributed by atoms with Gasteiger partial charge >= 0.3 is 0 Å².